The molecule has 7 nitrogen and oxygen atoms in total. The molecule has 3 fully saturated rings. The fourth-order valence-corrected chi connectivity index (χ4v) is 4.92. The van der Waals surface area contributed by atoms with Gasteiger partial charge in [-0.3, -0.25) is 19.3 Å². The number of carbonyl (C=O) groups is 3. The maximum Gasteiger partial charge on any atom is 0.257 e. The third kappa shape index (κ3) is 4.27. The van der Waals surface area contributed by atoms with E-state index in [0.29, 0.717) is 44.0 Å². The number of rotatable bonds is 5. The van der Waals surface area contributed by atoms with Gasteiger partial charge >= 0.3 is 0 Å². The lowest BCUT2D eigenvalue weighted by molar-refractivity contribution is -0.149. The predicted molar refractivity (Wildman–Crippen MR) is 121 cm³/mol. The molecule has 1 aromatic rings. The highest BCUT2D eigenvalue weighted by Crippen LogP contribution is 2.40. The van der Waals surface area contributed by atoms with Gasteiger partial charge < -0.3 is 15.0 Å². The van der Waals surface area contributed by atoms with E-state index in [0.717, 1.165) is 24.8 Å². The molecule has 2 aliphatic heterocycles. The van der Waals surface area contributed by atoms with Gasteiger partial charge in [0.1, 0.15) is 11.8 Å². The van der Waals surface area contributed by atoms with Crippen LogP contribution in [0.5, 0.6) is 0 Å². The summed E-state index contributed by atoms with van der Waals surface area (Å²) in [6, 6.07) is 6.79. The average molecular weight is 442 g/mol. The smallest absolute Gasteiger partial charge is 0.257 e. The number of hydrogen-bond donors (Lipinski definition) is 1. The van der Waals surface area contributed by atoms with Crippen LogP contribution in [-0.4, -0.2) is 65.5 Å². The largest absolute Gasteiger partial charge is 0.354 e. The van der Waals surface area contributed by atoms with Crippen molar-refractivity contribution in [2.45, 2.75) is 64.6 Å². The van der Waals surface area contributed by atoms with Crippen molar-refractivity contribution < 1.29 is 19.1 Å². The predicted octanol–water partition coefficient (Wildman–Crippen LogP) is 2.73. The Hall–Kier alpha value is -2.41. The minimum absolute atomic E-state index is 0.160. The number of nitrogens with zero attached hydrogens (tertiary/aromatic N) is 2. The molecule has 3 amide bonds. The zero-order valence-electron chi connectivity index (χ0n) is 19.4. The summed E-state index contributed by atoms with van der Waals surface area (Å²) in [5, 5.41) is 2.98. The van der Waals surface area contributed by atoms with Crippen LogP contribution in [-0.2, 0) is 14.3 Å². The topological polar surface area (TPSA) is 79.0 Å². The zero-order chi connectivity index (χ0) is 22.9. The van der Waals surface area contributed by atoms with E-state index in [-0.39, 0.29) is 30.2 Å². The molecule has 0 aromatic heterocycles. The van der Waals surface area contributed by atoms with Crippen molar-refractivity contribution in [3.63, 3.8) is 0 Å². The highest BCUT2D eigenvalue weighted by Gasteiger charge is 2.54. The Kier molecular flexibility index (Phi) is 6.56. The van der Waals surface area contributed by atoms with Crippen LogP contribution in [0.1, 0.15) is 61.9 Å². The van der Waals surface area contributed by atoms with Crippen LogP contribution in [0.15, 0.2) is 24.3 Å². The number of amides is 3. The normalized spacial score (nSPS) is 22.8. The fraction of sp³-hybridized carbons (Fsp3) is 0.640. The first kappa shape index (κ1) is 22.8. The summed E-state index contributed by atoms with van der Waals surface area (Å²) in [6.45, 7) is 7.82. The van der Waals surface area contributed by atoms with Gasteiger partial charge in [0.2, 0.25) is 11.8 Å². The van der Waals surface area contributed by atoms with Crippen molar-refractivity contribution in [3.8, 4) is 0 Å². The van der Waals surface area contributed by atoms with Crippen molar-refractivity contribution >= 4 is 17.7 Å². The maximum atomic E-state index is 13.8. The Labute approximate surface area is 190 Å². The van der Waals surface area contributed by atoms with E-state index in [1.165, 1.54) is 0 Å². The summed E-state index contributed by atoms with van der Waals surface area (Å²) in [5.74, 6) is 0.353. The number of aryl methyl sites for hydroxylation is 1. The molecule has 0 bridgehead atoms. The van der Waals surface area contributed by atoms with Crippen molar-refractivity contribution in [2.75, 3.05) is 26.2 Å². The Morgan fingerprint density at radius 3 is 2.44 bits per heavy atom. The molecule has 174 valence electrons. The van der Waals surface area contributed by atoms with E-state index >= 15 is 0 Å². The SMILES string of the molecule is Cc1ccccc1C(=O)N1C(C(=O)NCC(C)C)COC12CCN(C(=O)C1CCC1)CC2. The second kappa shape index (κ2) is 9.22. The average Bonchev–Trinajstić information content (AvgIpc) is 3.09. The molecular formula is C25H35N3O4. The van der Waals surface area contributed by atoms with Gasteiger partial charge in [0.15, 0.2) is 0 Å². The molecule has 1 atom stereocenters. The number of nitrogens with one attached hydrogen (secondary N) is 1. The molecule has 1 aromatic carbocycles. The monoisotopic (exact) mass is 441 g/mol. The molecular weight excluding hydrogens is 406 g/mol. The summed E-state index contributed by atoms with van der Waals surface area (Å²) >= 11 is 0. The number of carbonyl (C=O) groups excluding carboxylic acids is 3. The molecule has 1 spiro atoms. The van der Waals surface area contributed by atoms with Gasteiger partial charge in [0.05, 0.1) is 6.61 Å². The lowest BCUT2D eigenvalue weighted by Gasteiger charge is -2.45. The van der Waals surface area contributed by atoms with E-state index < -0.39 is 11.8 Å². The van der Waals surface area contributed by atoms with Crippen LogP contribution in [0.2, 0.25) is 0 Å². The summed E-state index contributed by atoms with van der Waals surface area (Å²) in [6.07, 6.45) is 4.14. The Balaban J connectivity index is 1.57. The quantitative estimate of drug-likeness (QED) is 0.762. The first-order chi connectivity index (χ1) is 15.3. The van der Waals surface area contributed by atoms with Crippen LogP contribution in [0.4, 0.5) is 0 Å². The van der Waals surface area contributed by atoms with Gasteiger partial charge in [0, 0.05) is 44.0 Å². The first-order valence-corrected chi connectivity index (χ1v) is 11.9. The van der Waals surface area contributed by atoms with Crippen molar-refractivity contribution in [1.82, 2.24) is 15.1 Å². The lowest BCUT2D eigenvalue weighted by Crippen LogP contribution is -2.60. The fourth-order valence-electron chi connectivity index (χ4n) is 4.92. The molecule has 4 rings (SSSR count). The minimum Gasteiger partial charge on any atom is -0.354 e. The van der Waals surface area contributed by atoms with Gasteiger partial charge in [-0.05, 0) is 37.3 Å². The van der Waals surface area contributed by atoms with E-state index in [2.05, 4.69) is 5.32 Å². The lowest BCUT2D eigenvalue weighted by atomic mass is 9.83. The van der Waals surface area contributed by atoms with Crippen LogP contribution in [0, 0.1) is 18.8 Å². The van der Waals surface area contributed by atoms with E-state index in [4.69, 9.17) is 4.74 Å². The van der Waals surface area contributed by atoms with Crippen LogP contribution in [0.3, 0.4) is 0 Å². The van der Waals surface area contributed by atoms with E-state index in [1.807, 2.05) is 49.9 Å². The molecule has 2 heterocycles. The Morgan fingerprint density at radius 1 is 1.16 bits per heavy atom. The van der Waals surface area contributed by atoms with Gasteiger partial charge in [0.25, 0.3) is 5.91 Å². The van der Waals surface area contributed by atoms with Crippen LogP contribution >= 0.6 is 0 Å². The summed E-state index contributed by atoms with van der Waals surface area (Å²) < 4.78 is 6.25. The third-order valence-electron chi connectivity index (χ3n) is 7.15. The van der Waals surface area contributed by atoms with E-state index in [9.17, 15) is 14.4 Å². The highest BCUT2D eigenvalue weighted by molar-refractivity contribution is 5.99. The molecule has 1 N–H and O–H groups in total. The Morgan fingerprint density at radius 2 is 1.84 bits per heavy atom. The zero-order valence-corrected chi connectivity index (χ0v) is 19.4. The second-order valence-electron chi connectivity index (χ2n) is 9.86. The van der Waals surface area contributed by atoms with Crippen molar-refractivity contribution in [2.24, 2.45) is 11.8 Å². The number of ether oxygens (including phenoxy) is 1. The summed E-state index contributed by atoms with van der Waals surface area (Å²) in [7, 11) is 0. The third-order valence-corrected chi connectivity index (χ3v) is 7.15. The maximum absolute atomic E-state index is 13.8. The van der Waals surface area contributed by atoms with E-state index in [1.54, 1.807) is 4.90 Å². The van der Waals surface area contributed by atoms with Crippen LogP contribution < -0.4 is 5.32 Å². The summed E-state index contributed by atoms with van der Waals surface area (Å²) in [4.78, 5) is 43.1. The summed E-state index contributed by atoms with van der Waals surface area (Å²) in [5.41, 5.74) is 0.612. The van der Waals surface area contributed by atoms with Gasteiger partial charge in [-0.1, -0.05) is 38.5 Å². The van der Waals surface area contributed by atoms with Crippen molar-refractivity contribution in [3.05, 3.63) is 35.4 Å². The molecule has 7 heteroatoms. The Bertz CT molecular complexity index is 872. The number of hydrogen-bond acceptors (Lipinski definition) is 4. The minimum atomic E-state index is -0.852. The molecule has 1 unspecified atom stereocenters. The molecule has 1 saturated carbocycles. The number of piperidine rings is 1. The molecule has 3 aliphatic rings. The molecule has 0 radical (unpaired) electrons. The van der Waals surface area contributed by atoms with Gasteiger partial charge in [-0.15, -0.1) is 0 Å². The standard InChI is InChI=1S/C25H35N3O4/c1-17(2)15-26-22(29)21-16-32-25(28(21)24(31)20-10-5-4-7-18(20)3)11-13-27(14-12-25)23(30)19-8-6-9-19/h4-5,7,10,17,19,21H,6,8-9,11-16H2,1-3H3,(H,26,29). The van der Waals surface area contributed by atoms with Crippen LogP contribution in [0.25, 0.3) is 0 Å². The number of benzene rings is 1. The molecule has 32 heavy (non-hydrogen) atoms. The van der Waals surface area contributed by atoms with Gasteiger partial charge in [-0.2, -0.15) is 0 Å². The van der Waals surface area contributed by atoms with Gasteiger partial charge in [-0.25, -0.2) is 0 Å². The second-order valence-corrected chi connectivity index (χ2v) is 9.86. The number of likely N-dealkylation sites (tertiary alicyclic amines) is 1. The molecule has 2 saturated heterocycles. The highest BCUT2D eigenvalue weighted by atomic mass is 16.5. The molecule has 1 aliphatic carbocycles. The van der Waals surface area contributed by atoms with Crippen molar-refractivity contribution in [1.29, 1.82) is 0 Å². The first-order valence-electron chi connectivity index (χ1n) is 11.9.